The third-order valence-electron chi connectivity index (χ3n) is 3.28. The van der Waals surface area contributed by atoms with E-state index in [9.17, 15) is 4.79 Å². The molecule has 2 rings (SSSR count). The van der Waals surface area contributed by atoms with Gasteiger partial charge in [-0.2, -0.15) is 0 Å². The first-order chi connectivity index (χ1) is 10.7. The smallest absolute Gasteiger partial charge is 0.263 e. The lowest BCUT2D eigenvalue weighted by Crippen LogP contribution is -2.33. The molecule has 0 fully saturated rings. The van der Waals surface area contributed by atoms with Crippen molar-refractivity contribution >= 4 is 12.1 Å². The summed E-state index contributed by atoms with van der Waals surface area (Å²) in [5.74, 6) is -0.189. The molecule has 0 bridgehead atoms. The molecule has 0 saturated heterocycles. The second-order valence-corrected chi connectivity index (χ2v) is 5.04. The summed E-state index contributed by atoms with van der Waals surface area (Å²) in [5.41, 5.74) is 3.13. The first-order valence-electron chi connectivity index (χ1n) is 7.23. The van der Waals surface area contributed by atoms with E-state index < -0.39 is 6.10 Å². The summed E-state index contributed by atoms with van der Waals surface area (Å²) in [6, 6.07) is 17.6. The van der Waals surface area contributed by atoms with Gasteiger partial charge in [-0.05, 0) is 30.5 Å². The van der Waals surface area contributed by atoms with Crippen LogP contribution in [0.5, 0.6) is 0 Å². The summed E-state index contributed by atoms with van der Waals surface area (Å²) in [5, 5.41) is 6.71. The molecule has 114 valence electrons. The molecule has 22 heavy (non-hydrogen) atoms. The van der Waals surface area contributed by atoms with E-state index in [-0.39, 0.29) is 5.91 Å². The number of benzene rings is 2. The third kappa shape index (κ3) is 4.74. The van der Waals surface area contributed by atoms with Crippen molar-refractivity contribution in [3.8, 4) is 0 Å². The molecule has 1 amide bonds. The predicted octanol–water partition coefficient (Wildman–Crippen LogP) is 3.05. The number of carbonyl (C=O) groups excluding carboxylic acids is 1. The number of amides is 1. The van der Waals surface area contributed by atoms with Crippen molar-refractivity contribution in [3.05, 3.63) is 71.3 Å². The van der Waals surface area contributed by atoms with Crippen molar-refractivity contribution in [1.29, 1.82) is 0 Å². The summed E-state index contributed by atoms with van der Waals surface area (Å²) in [4.78, 5) is 17.1. The highest BCUT2D eigenvalue weighted by Crippen LogP contribution is 2.04. The van der Waals surface area contributed by atoms with Crippen molar-refractivity contribution in [2.75, 3.05) is 0 Å². The highest BCUT2D eigenvalue weighted by atomic mass is 16.6. The highest BCUT2D eigenvalue weighted by Gasteiger charge is 2.13. The van der Waals surface area contributed by atoms with E-state index in [0.29, 0.717) is 6.54 Å². The Morgan fingerprint density at radius 1 is 1.18 bits per heavy atom. The maximum absolute atomic E-state index is 11.9. The number of hydrogen-bond donors (Lipinski definition) is 1. The average molecular weight is 296 g/mol. The Labute approximate surface area is 130 Å². The van der Waals surface area contributed by atoms with Crippen LogP contribution in [-0.4, -0.2) is 18.2 Å². The minimum atomic E-state index is -0.635. The van der Waals surface area contributed by atoms with Crippen LogP contribution in [0.4, 0.5) is 0 Å². The quantitative estimate of drug-likeness (QED) is 0.658. The molecule has 1 N–H and O–H groups in total. The number of aryl methyl sites for hydroxylation is 1. The monoisotopic (exact) mass is 296 g/mol. The third-order valence-corrected chi connectivity index (χ3v) is 3.28. The molecule has 0 spiro atoms. The first-order valence-corrected chi connectivity index (χ1v) is 7.23. The number of nitrogens with one attached hydrogen (secondary N) is 1. The zero-order chi connectivity index (χ0) is 15.8. The Kier molecular flexibility index (Phi) is 5.72. The Bertz CT molecular complexity index is 639. The average Bonchev–Trinajstić information content (AvgIpc) is 2.55. The maximum Gasteiger partial charge on any atom is 0.263 e. The minimum Gasteiger partial charge on any atom is -0.383 e. The summed E-state index contributed by atoms with van der Waals surface area (Å²) in [7, 11) is 0. The first kappa shape index (κ1) is 15.8. The number of hydrogen-bond acceptors (Lipinski definition) is 3. The van der Waals surface area contributed by atoms with Gasteiger partial charge in [-0.25, -0.2) is 0 Å². The van der Waals surface area contributed by atoms with Crippen LogP contribution in [-0.2, 0) is 16.2 Å². The van der Waals surface area contributed by atoms with Crippen molar-refractivity contribution in [2.45, 2.75) is 26.5 Å². The molecule has 0 heterocycles. The maximum atomic E-state index is 11.9. The standard InChI is InChI=1S/C18H20N2O2/c1-14-8-6-7-11-17(14)13-20-22-15(2)18(21)19-12-16-9-4-3-5-10-16/h3-11,13,15H,12H2,1-2H3,(H,19,21)/b20-13-/t15-/m0/s1. The molecular weight excluding hydrogens is 276 g/mol. The fraction of sp³-hybridized carbons (Fsp3) is 0.222. The Morgan fingerprint density at radius 2 is 1.86 bits per heavy atom. The van der Waals surface area contributed by atoms with Crippen molar-refractivity contribution < 1.29 is 9.63 Å². The van der Waals surface area contributed by atoms with Crippen LogP contribution in [0, 0.1) is 6.92 Å². The SMILES string of the molecule is Cc1ccccc1/C=N\O[C@@H](C)C(=O)NCc1ccccc1. The molecule has 0 aliphatic heterocycles. The fourth-order valence-corrected chi connectivity index (χ4v) is 1.89. The Morgan fingerprint density at radius 3 is 2.59 bits per heavy atom. The predicted molar refractivity (Wildman–Crippen MR) is 87.6 cm³/mol. The topological polar surface area (TPSA) is 50.7 Å². The van der Waals surface area contributed by atoms with E-state index in [1.807, 2.05) is 61.5 Å². The number of nitrogens with zero attached hydrogens (tertiary/aromatic N) is 1. The van der Waals surface area contributed by atoms with Gasteiger partial charge in [0.1, 0.15) is 0 Å². The zero-order valence-corrected chi connectivity index (χ0v) is 12.8. The molecule has 1 atom stereocenters. The fourth-order valence-electron chi connectivity index (χ4n) is 1.89. The Hall–Kier alpha value is -2.62. The van der Waals surface area contributed by atoms with Gasteiger partial charge in [0.25, 0.3) is 5.91 Å². The molecule has 0 aliphatic carbocycles. The van der Waals surface area contributed by atoms with E-state index >= 15 is 0 Å². The second kappa shape index (κ2) is 7.98. The molecule has 0 aliphatic rings. The summed E-state index contributed by atoms with van der Waals surface area (Å²) in [6.07, 6.45) is 0.986. The lowest BCUT2D eigenvalue weighted by atomic mass is 10.1. The summed E-state index contributed by atoms with van der Waals surface area (Å²) < 4.78 is 0. The largest absolute Gasteiger partial charge is 0.383 e. The van der Waals surface area contributed by atoms with E-state index in [4.69, 9.17) is 4.84 Å². The normalized spacial score (nSPS) is 12.1. The van der Waals surface area contributed by atoms with Gasteiger partial charge in [0.15, 0.2) is 0 Å². The van der Waals surface area contributed by atoms with Crippen LogP contribution in [0.25, 0.3) is 0 Å². The lowest BCUT2D eigenvalue weighted by molar-refractivity contribution is -0.131. The molecule has 4 heteroatoms. The summed E-state index contributed by atoms with van der Waals surface area (Å²) >= 11 is 0. The van der Waals surface area contributed by atoms with Crippen molar-refractivity contribution in [2.24, 2.45) is 5.16 Å². The van der Waals surface area contributed by atoms with Gasteiger partial charge in [-0.1, -0.05) is 59.8 Å². The highest BCUT2D eigenvalue weighted by molar-refractivity contribution is 5.82. The van der Waals surface area contributed by atoms with Gasteiger partial charge >= 0.3 is 0 Å². The Balaban J connectivity index is 1.80. The molecule has 0 unspecified atom stereocenters. The van der Waals surface area contributed by atoms with Gasteiger partial charge in [0.2, 0.25) is 6.10 Å². The van der Waals surface area contributed by atoms with Crippen LogP contribution in [0.2, 0.25) is 0 Å². The van der Waals surface area contributed by atoms with Crippen LogP contribution in [0.1, 0.15) is 23.6 Å². The lowest BCUT2D eigenvalue weighted by Gasteiger charge is -2.10. The van der Waals surface area contributed by atoms with Gasteiger partial charge in [0.05, 0.1) is 6.21 Å². The van der Waals surface area contributed by atoms with Gasteiger partial charge in [-0.15, -0.1) is 0 Å². The van der Waals surface area contributed by atoms with Crippen LogP contribution >= 0.6 is 0 Å². The molecule has 2 aromatic carbocycles. The molecular formula is C18H20N2O2. The molecule has 0 radical (unpaired) electrons. The van der Waals surface area contributed by atoms with Crippen LogP contribution in [0.15, 0.2) is 59.8 Å². The zero-order valence-electron chi connectivity index (χ0n) is 12.8. The van der Waals surface area contributed by atoms with E-state index in [1.54, 1.807) is 13.1 Å². The number of oxime groups is 1. The van der Waals surface area contributed by atoms with Crippen LogP contribution in [0.3, 0.4) is 0 Å². The molecule has 4 nitrogen and oxygen atoms in total. The van der Waals surface area contributed by atoms with Gasteiger partial charge in [-0.3, -0.25) is 4.79 Å². The molecule has 0 aromatic heterocycles. The number of rotatable bonds is 6. The van der Waals surface area contributed by atoms with Crippen molar-refractivity contribution in [1.82, 2.24) is 5.32 Å². The molecule has 2 aromatic rings. The minimum absolute atomic E-state index is 0.189. The second-order valence-electron chi connectivity index (χ2n) is 5.04. The van der Waals surface area contributed by atoms with E-state index in [0.717, 1.165) is 16.7 Å². The molecule has 0 saturated carbocycles. The van der Waals surface area contributed by atoms with Crippen molar-refractivity contribution in [3.63, 3.8) is 0 Å². The van der Waals surface area contributed by atoms with E-state index in [2.05, 4.69) is 10.5 Å². The number of carbonyl (C=O) groups is 1. The van der Waals surface area contributed by atoms with Gasteiger partial charge < -0.3 is 10.2 Å². The van der Waals surface area contributed by atoms with E-state index in [1.165, 1.54) is 0 Å². The summed E-state index contributed by atoms with van der Waals surface area (Å²) in [6.45, 7) is 4.15. The van der Waals surface area contributed by atoms with Crippen LogP contribution < -0.4 is 5.32 Å². The van der Waals surface area contributed by atoms with Gasteiger partial charge in [0, 0.05) is 6.54 Å².